The zero-order valence-electron chi connectivity index (χ0n) is 13.2. The van der Waals surface area contributed by atoms with Gasteiger partial charge in [-0.25, -0.2) is 9.97 Å². The quantitative estimate of drug-likeness (QED) is 0.858. The van der Waals surface area contributed by atoms with Crippen LogP contribution in [0, 0.1) is 6.92 Å². The SMILES string of the molecule is Cc1nccc(C2CCN(C(=O)Cn3ccccc3=O)CC2)n1. The third kappa shape index (κ3) is 3.64. The molecule has 1 amide bonds. The topological polar surface area (TPSA) is 68.1 Å². The van der Waals surface area contributed by atoms with Crippen LogP contribution in [-0.2, 0) is 11.3 Å². The van der Waals surface area contributed by atoms with Gasteiger partial charge in [-0.2, -0.15) is 0 Å². The number of piperidine rings is 1. The Morgan fingerprint density at radius 2 is 2.04 bits per heavy atom. The number of rotatable bonds is 3. The average Bonchev–Trinajstić information content (AvgIpc) is 2.57. The summed E-state index contributed by atoms with van der Waals surface area (Å²) in [7, 11) is 0. The van der Waals surface area contributed by atoms with E-state index in [0.29, 0.717) is 19.0 Å². The molecule has 0 aromatic carbocycles. The summed E-state index contributed by atoms with van der Waals surface area (Å²) in [6.45, 7) is 3.40. The van der Waals surface area contributed by atoms with Gasteiger partial charge in [-0.15, -0.1) is 0 Å². The summed E-state index contributed by atoms with van der Waals surface area (Å²) >= 11 is 0. The molecule has 0 bridgehead atoms. The van der Waals surface area contributed by atoms with Gasteiger partial charge in [0, 0.05) is 43.2 Å². The lowest BCUT2D eigenvalue weighted by molar-refractivity contribution is -0.132. The molecule has 0 N–H and O–H groups in total. The van der Waals surface area contributed by atoms with Crippen LogP contribution in [-0.4, -0.2) is 38.4 Å². The van der Waals surface area contributed by atoms with Crippen molar-refractivity contribution in [3.8, 4) is 0 Å². The molecule has 1 aliphatic heterocycles. The van der Waals surface area contributed by atoms with Crippen molar-refractivity contribution < 1.29 is 4.79 Å². The first-order valence-electron chi connectivity index (χ1n) is 7.86. The third-order valence-electron chi connectivity index (χ3n) is 4.27. The summed E-state index contributed by atoms with van der Waals surface area (Å²) in [6, 6.07) is 6.87. The first-order chi connectivity index (χ1) is 11.1. The number of likely N-dealkylation sites (tertiary alicyclic amines) is 1. The molecule has 0 atom stereocenters. The maximum Gasteiger partial charge on any atom is 0.250 e. The summed E-state index contributed by atoms with van der Waals surface area (Å²) in [4.78, 5) is 34.5. The van der Waals surface area contributed by atoms with Crippen molar-refractivity contribution in [3.05, 3.63) is 58.5 Å². The summed E-state index contributed by atoms with van der Waals surface area (Å²) in [5.74, 6) is 1.15. The Bertz CT molecular complexity index is 748. The minimum Gasteiger partial charge on any atom is -0.341 e. The molecule has 0 unspecified atom stereocenters. The summed E-state index contributed by atoms with van der Waals surface area (Å²) < 4.78 is 1.45. The molecule has 0 radical (unpaired) electrons. The van der Waals surface area contributed by atoms with E-state index in [1.54, 1.807) is 24.5 Å². The van der Waals surface area contributed by atoms with E-state index in [1.165, 1.54) is 10.6 Å². The van der Waals surface area contributed by atoms with Gasteiger partial charge in [0.25, 0.3) is 5.56 Å². The molecule has 6 heteroatoms. The van der Waals surface area contributed by atoms with Crippen LogP contribution in [0.5, 0.6) is 0 Å². The smallest absolute Gasteiger partial charge is 0.250 e. The van der Waals surface area contributed by atoms with Crippen molar-refractivity contribution >= 4 is 5.91 Å². The van der Waals surface area contributed by atoms with E-state index >= 15 is 0 Å². The molecule has 3 rings (SSSR count). The van der Waals surface area contributed by atoms with Crippen molar-refractivity contribution in [3.63, 3.8) is 0 Å². The number of pyridine rings is 1. The molecule has 23 heavy (non-hydrogen) atoms. The van der Waals surface area contributed by atoms with E-state index in [2.05, 4.69) is 9.97 Å². The second-order valence-electron chi connectivity index (χ2n) is 5.85. The highest BCUT2D eigenvalue weighted by Crippen LogP contribution is 2.26. The molecule has 1 fully saturated rings. The molecule has 1 aliphatic rings. The predicted octanol–water partition coefficient (Wildman–Crippen LogP) is 1.35. The second kappa shape index (κ2) is 6.73. The number of nitrogens with zero attached hydrogens (tertiary/aromatic N) is 4. The Kier molecular flexibility index (Phi) is 4.50. The van der Waals surface area contributed by atoms with Crippen LogP contribution in [0.4, 0.5) is 0 Å². The van der Waals surface area contributed by atoms with Gasteiger partial charge in [0.05, 0.1) is 0 Å². The Morgan fingerprint density at radius 3 is 2.74 bits per heavy atom. The minimum atomic E-state index is -0.146. The minimum absolute atomic E-state index is 0.00406. The highest BCUT2D eigenvalue weighted by molar-refractivity contribution is 5.76. The molecular formula is C17H20N4O2. The fraction of sp³-hybridized carbons (Fsp3) is 0.412. The Hall–Kier alpha value is -2.50. The van der Waals surface area contributed by atoms with Gasteiger partial charge in [0.2, 0.25) is 5.91 Å². The molecule has 0 saturated carbocycles. The van der Waals surface area contributed by atoms with Gasteiger partial charge in [-0.3, -0.25) is 9.59 Å². The van der Waals surface area contributed by atoms with E-state index < -0.39 is 0 Å². The zero-order chi connectivity index (χ0) is 16.2. The van der Waals surface area contributed by atoms with Crippen LogP contribution in [0.2, 0.25) is 0 Å². The first kappa shape index (κ1) is 15.4. The Balaban J connectivity index is 1.59. The number of amides is 1. The number of carbonyl (C=O) groups is 1. The fourth-order valence-corrected chi connectivity index (χ4v) is 2.96. The molecule has 1 saturated heterocycles. The maximum absolute atomic E-state index is 12.4. The Morgan fingerprint density at radius 1 is 1.26 bits per heavy atom. The molecular weight excluding hydrogens is 292 g/mol. The number of aryl methyl sites for hydroxylation is 1. The lowest BCUT2D eigenvalue weighted by atomic mass is 9.93. The summed E-state index contributed by atoms with van der Waals surface area (Å²) in [5.41, 5.74) is 0.913. The van der Waals surface area contributed by atoms with Crippen molar-refractivity contribution in [2.45, 2.75) is 32.2 Å². The number of hydrogen-bond acceptors (Lipinski definition) is 4. The van der Waals surface area contributed by atoms with E-state index in [0.717, 1.165) is 24.4 Å². The monoisotopic (exact) mass is 312 g/mol. The standard InChI is InChI=1S/C17H20N4O2/c1-13-18-8-5-15(19-13)14-6-10-20(11-7-14)17(23)12-21-9-3-2-4-16(21)22/h2-5,8-9,14H,6-7,10-12H2,1H3. The molecule has 3 heterocycles. The van der Waals surface area contributed by atoms with Crippen LogP contribution in [0.3, 0.4) is 0 Å². The molecule has 0 spiro atoms. The van der Waals surface area contributed by atoms with Crippen LogP contribution in [0.1, 0.15) is 30.3 Å². The van der Waals surface area contributed by atoms with Gasteiger partial charge in [-0.05, 0) is 31.9 Å². The third-order valence-corrected chi connectivity index (χ3v) is 4.27. The molecule has 2 aromatic rings. The number of hydrogen-bond donors (Lipinski definition) is 0. The lowest BCUT2D eigenvalue weighted by Crippen LogP contribution is -2.41. The normalized spacial score (nSPS) is 15.6. The van der Waals surface area contributed by atoms with E-state index in [-0.39, 0.29) is 18.0 Å². The number of aromatic nitrogens is 3. The van der Waals surface area contributed by atoms with Crippen LogP contribution in [0.15, 0.2) is 41.5 Å². The van der Waals surface area contributed by atoms with Crippen LogP contribution < -0.4 is 5.56 Å². The van der Waals surface area contributed by atoms with Gasteiger partial charge >= 0.3 is 0 Å². The highest BCUT2D eigenvalue weighted by Gasteiger charge is 2.24. The highest BCUT2D eigenvalue weighted by atomic mass is 16.2. The summed E-state index contributed by atoms with van der Waals surface area (Å²) in [5, 5.41) is 0. The van der Waals surface area contributed by atoms with E-state index in [9.17, 15) is 9.59 Å². The molecule has 2 aromatic heterocycles. The number of carbonyl (C=O) groups excluding carboxylic acids is 1. The second-order valence-corrected chi connectivity index (χ2v) is 5.85. The summed E-state index contributed by atoms with van der Waals surface area (Å²) in [6.07, 6.45) is 5.23. The van der Waals surface area contributed by atoms with E-state index in [1.807, 2.05) is 17.9 Å². The first-order valence-corrected chi connectivity index (χ1v) is 7.86. The van der Waals surface area contributed by atoms with Crippen molar-refractivity contribution in [1.82, 2.24) is 19.4 Å². The lowest BCUT2D eigenvalue weighted by Gasteiger charge is -2.32. The maximum atomic E-state index is 12.4. The molecule has 6 nitrogen and oxygen atoms in total. The fourth-order valence-electron chi connectivity index (χ4n) is 2.96. The van der Waals surface area contributed by atoms with Crippen molar-refractivity contribution in [1.29, 1.82) is 0 Å². The van der Waals surface area contributed by atoms with Gasteiger partial charge in [0.15, 0.2) is 0 Å². The Labute approximate surface area is 134 Å². The van der Waals surface area contributed by atoms with Crippen molar-refractivity contribution in [2.24, 2.45) is 0 Å². The van der Waals surface area contributed by atoms with Crippen LogP contribution >= 0.6 is 0 Å². The van der Waals surface area contributed by atoms with Gasteiger partial charge in [0.1, 0.15) is 12.4 Å². The van der Waals surface area contributed by atoms with Gasteiger partial charge in [-0.1, -0.05) is 6.07 Å². The van der Waals surface area contributed by atoms with Crippen molar-refractivity contribution in [2.75, 3.05) is 13.1 Å². The average molecular weight is 312 g/mol. The van der Waals surface area contributed by atoms with Crippen LogP contribution in [0.25, 0.3) is 0 Å². The van der Waals surface area contributed by atoms with Gasteiger partial charge < -0.3 is 9.47 Å². The molecule has 0 aliphatic carbocycles. The van der Waals surface area contributed by atoms with E-state index in [4.69, 9.17) is 0 Å². The zero-order valence-corrected chi connectivity index (χ0v) is 13.2. The molecule has 120 valence electrons. The largest absolute Gasteiger partial charge is 0.341 e. The predicted molar refractivity (Wildman–Crippen MR) is 86.0 cm³/mol.